The molecule has 2 heteroatoms. The lowest BCUT2D eigenvalue weighted by Crippen LogP contribution is -2.39. The Hall–Kier alpha value is -0.890. The molecule has 1 aromatic rings. The van der Waals surface area contributed by atoms with E-state index in [1.807, 2.05) is 18.5 Å². The van der Waals surface area contributed by atoms with Crippen LogP contribution in [-0.2, 0) is 6.42 Å². The smallest absolute Gasteiger partial charge is 0.0300 e. The fourth-order valence-corrected chi connectivity index (χ4v) is 3.61. The Morgan fingerprint density at radius 1 is 1.28 bits per heavy atom. The molecule has 3 unspecified atom stereocenters. The molecule has 2 nitrogen and oxygen atoms in total. The molecule has 0 aliphatic heterocycles. The number of nitrogens with one attached hydrogen (secondary N) is 1. The van der Waals surface area contributed by atoms with Crippen LogP contribution in [0.25, 0.3) is 0 Å². The van der Waals surface area contributed by atoms with E-state index in [2.05, 4.69) is 37.3 Å². The Kier molecular flexibility index (Phi) is 4.76. The van der Waals surface area contributed by atoms with Crippen LogP contribution in [0, 0.1) is 17.8 Å². The van der Waals surface area contributed by atoms with Crippen LogP contribution < -0.4 is 5.32 Å². The minimum absolute atomic E-state index is 0.597. The van der Waals surface area contributed by atoms with E-state index >= 15 is 0 Å². The number of likely N-dealkylation sites (N-methyl/N-ethyl adjacent to an activating group) is 1. The van der Waals surface area contributed by atoms with Crippen LogP contribution in [0.5, 0.6) is 0 Å². The minimum atomic E-state index is 0.597. The van der Waals surface area contributed by atoms with Crippen molar-refractivity contribution in [2.45, 2.75) is 45.6 Å². The van der Waals surface area contributed by atoms with E-state index in [1.165, 1.54) is 24.8 Å². The van der Waals surface area contributed by atoms with Gasteiger partial charge in [-0.2, -0.15) is 0 Å². The monoisotopic (exact) mass is 246 g/mol. The van der Waals surface area contributed by atoms with E-state index in [0.717, 1.165) is 24.2 Å². The van der Waals surface area contributed by atoms with Crippen molar-refractivity contribution < 1.29 is 0 Å². The van der Waals surface area contributed by atoms with Gasteiger partial charge in [-0.15, -0.1) is 0 Å². The summed E-state index contributed by atoms with van der Waals surface area (Å²) in [5.41, 5.74) is 1.35. The average molecular weight is 246 g/mol. The van der Waals surface area contributed by atoms with Crippen LogP contribution in [0.3, 0.4) is 0 Å². The topological polar surface area (TPSA) is 24.9 Å². The number of nitrogens with zero attached hydrogens (tertiary/aromatic N) is 1. The van der Waals surface area contributed by atoms with Gasteiger partial charge in [0.05, 0.1) is 0 Å². The molecule has 0 saturated heterocycles. The Bertz CT molecular complexity index is 339. The quantitative estimate of drug-likeness (QED) is 0.882. The highest BCUT2D eigenvalue weighted by Gasteiger charge is 2.29. The standard InChI is InChI=1S/C16H26N2/c1-12-7-13(2)9-15(8-12)16(17-3)10-14-5-4-6-18-11-14/h4-6,11-13,15-17H,7-10H2,1-3H3. The highest BCUT2D eigenvalue weighted by Crippen LogP contribution is 2.35. The van der Waals surface area contributed by atoms with Crippen LogP contribution in [0.1, 0.15) is 38.7 Å². The molecule has 1 heterocycles. The van der Waals surface area contributed by atoms with Crippen molar-refractivity contribution in [2.24, 2.45) is 17.8 Å². The summed E-state index contributed by atoms with van der Waals surface area (Å²) in [6.45, 7) is 4.80. The molecule has 1 aromatic heterocycles. The van der Waals surface area contributed by atoms with E-state index < -0.39 is 0 Å². The molecule has 0 spiro atoms. The first-order chi connectivity index (χ1) is 8.69. The molecule has 0 amide bonds. The van der Waals surface area contributed by atoms with Gasteiger partial charge in [0.1, 0.15) is 0 Å². The van der Waals surface area contributed by atoms with Gasteiger partial charge in [-0.3, -0.25) is 4.98 Å². The first-order valence-electron chi connectivity index (χ1n) is 7.25. The van der Waals surface area contributed by atoms with Gasteiger partial charge in [0.25, 0.3) is 0 Å². The molecule has 0 bridgehead atoms. The fourth-order valence-electron chi connectivity index (χ4n) is 3.61. The number of rotatable bonds is 4. The molecule has 1 N–H and O–H groups in total. The highest BCUT2D eigenvalue weighted by atomic mass is 14.9. The molecule has 0 aromatic carbocycles. The fraction of sp³-hybridized carbons (Fsp3) is 0.688. The average Bonchev–Trinajstić information content (AvgIpc) is 2.36. The maximum atomic E-state index is 4.22. The van der Waals surface area contributed by atoms with Crippen molar-refractivity contribution in [3.8, 4) is 0 Å². The van der Waals surface area contributed by atoms with Crippen molar-refractivity contribution in [1.82, 2.24) is 10.3 Å². The minimum Gasteiger partial charge on any atom is -0.316 e. The number of aromatic nitrogens is 1. The number of hydrogen-bond acceptors (Lipinski definition) is 2. The molecular formula is C16H26N2. The van der Waals surface area contributed by atoms with E-state index in [1.54, 1.807) is 0 Å². The van der Waals surface area contributed by atoms with Gasteiger partial charge < -0.3 is 5.32 Å². The van der Waals surface area contributed by atoms with Gasteiger partial charge in [-0.25, -0.2) is 0 Å². The number of pyridine rings is 1. The van der Waals surface area contributed by atoms with Crippen LogP contribution in [-0.4, -0.2) is 18.1 Å². The molecule has 1 saturated carbocycles. The molecule has 1 fully saturated rings. The zero-order valence-electron chi connectivity index (χ0n) is 11.9. The normalized spacial score (nSPS) is 30.1. The summed E-state index contributed by atoms with van der Waals surface area (Å²) in [4.78, 5) is 4.22. The second-order valence-corrected chi connectivity index (χ2v) is 6.14. The van der Waals surface area contributed by atoms with Gasteiger partial charge in [-0.05, 0) is 62.1 Å². The summed E-state index contributed by atoms with van der Waals surface area (Å²) in [5.74, 6) is 2.57. The van der Waals surface area contributed by atoms with Crippen molar-refractivity contribution >= 4 is 0 Å². The predicted octanol–water partition coefficient (Wildman–Crippen LogP) is 3.28. The van der Waals surface area contributed by atoms with Crippen molar-refractivity contribution in [1.29, 1.82) is 0 Å². The maximum Gasteiger partial charge on any atom is 0.0300 e. The lowest BCUT2D eigenvalue weighted by molar-refractivity contribution is 0.179. The zero-order valence-corrected chi connectivity index (χ0v) is 11.9. The summed E-state index contributed by atoms with van der Waals surface area (Å²) in [6.07, 6.45) is 9.10. The van der Waals surface area contributed by atoms with Gasteiger partial charge in [0, 0.05) is 18.4 Å². The molecule has 18 heavy (non-hydrogen) atoms. The number of hydrogen-bond donors (Lipinski definition) is 1. The van der Waals surface area contributed by atoms with Crippen LogP contribution in [0.2, 0.25) is 0 Å². The predicted molar refractivity (Wildman–Crippen MR) is 76.5 cm³/mol. The van der Waals surface area contributed by atoms with E-state index in [-0.39, 0.29) is 0 Å². The molecule has 1 aliphatic carbocycles. The molecule has 0 radical (unpaired) electrons. The van der Waals surface area contributed by atoms with Gasteiger partial charge >= 0.3 is 0 Å². The van der Waals surface area contributed by atoms with Crippen LogP contribution in [0.15, 0.2) is 24.5 Å². The summed E-state index contributed by atoms with van der Waals surface area (Å²) < 4.78 is 0. The summed E-state index contributed by atoms with van der Waals surface area (Å²) in [5, 5.41) is 3.53. The van der Waals surface area contributed by atoms with Gasteiger partial charge in [0.2, 0.25) is 0 Å². The molecule has 3 atom stereocenters. The van der Waals surface area contributed by atoms with Crippen molar-refractivity contribution in [2.75, 3.05) is 7.05 Å². The Morgan fingerprint density at radius 2 is 2.00 bits per heavy atom. The first kappa shape index (κ1) is 13.5. The lowest BCUT2D eigenvalue weighted by atomic mass is 9.73. The highest BCUT2D eigenvalue weighted by molar-refractivity contribution is 5.10. The second kappa shape index (κ2) is 6.33. The van der Waals surface area contributed by atoms with E-state index in [4.69, 9.17) is 0 Å². The second-order valence-electron chi connectivity index (χ2n) is 6.14. The lowest BCUT2D eigenvalue weighted by Gasteiger charge is -2.36. The third-order valence-electron chi connectivity index (χ3n) is 4.33. The van der Waals surface area contributed by atoms with Crippen molar-refractivity contribution in [3.63, 3.8) is 0 Å². The third-order valence-corrected chi connectivity index (χ3v) is 4.33. The van der Waals surface area contributed by atoms with E-state index in [0.29, 0.717) is 6.04 Å². The summed E-state index contributed by atoms with van der Waals surface area (Å²) >= 11 is 0. The third kappa shape index (κ3) is 3.55. The maximum absolute atomic E-state index is 4.22. The summed E-state index contributed by atoms with van der Waals surface area (Å²) in [7, 11) is 2.10. The Morgan fingerprint density at radius 3 is 2.56 bits per heavy atom. The van der Waals surface area contributed by atoms with Crippen molar-refractivity contribution in [3.05, 3.63) is 30.1 Å². The largest absolute Gasteiger partial charge is 0.316 e. The zero-order chi connectivity index (χ0) is 13.0. The van der Waals surface area contributed by atoms with Crippen LogP contribution >= 0.6 is 0 Å². The SMILES string of the molecule is CNC(Cc1cccnc1)C1CC(C)CC(C)C1. The van der Waals surface area contributed by atoms with Gasteiger partial charge in [0.15, 0.2) is 0 Å². The van der Waals surface area contributed by atoms with E-state index in [9.17, 15) is 0 Å². The Balaban J connectivity index is 2.00. The summed E-state index contributed by atoms with van der Waals surface area (Å²) in [6, 6.07) is 4.82. The molecule has 100 valence electrons. The first-order valence-corrected chi connectivity index (χ1v) is 7.25. The van der Waals surface area contributed by atoms with Crippen LogP contribution in [0.4, 0.5) is 0 Å². The Labute approximate surface area is 111 Å². The molecule has 1 aliphatic rings. The molecule has 2 rings (SSSR count). The van der Waals surface area contributed by atoms with Gasteiger partial charge in [-0.1, -0.05) is 19.9 Å². The molecular weight excluding hydrogens is 220 g/mol.